The lowest BCUT2D eigenvalue weighted by Crippen LogP contribution is -2.20. The minimum atomic E-state index is 0.895. The molecule has 1 nitrogen and oxygen atoms in total. The Balaban J connectivity index is 1.83. The molecule has 0 spiro atoms. The van der Waals surface area contributed by atoms with Crippen molar-refractivity contribution in [2.45, 2.75) is 52.4 Å². The summed E-state index contributed by atoms with van der Waals surface area (Å²) in [5.74, 6) is 0.895. The van der Waals surface area contributed by atoms with Crippen molar-refractivity contribution in [2.75, 3.05) is 19.6 Å². The molecule has 0 bridgehead atoms. The van der Waals surface area contributed by atoms with Gasteiger partial charge in [0.1, 0.15) is 0 Å². The van der Waals surface area contributed by atoms with Gasteiger partial charge in [-0.15, -0.1) is 0 Å². The van der Waals surface area contributed by atoms with Crippen LogP contribution in [-0.2, 0) is 0 Å². The van der Waals surface area contributed by atoms with Gasteiger partial charge in [-0.1, -0.05) is 33.1 Å². The van der Waals surface area contributed by atoms with E-state index in [1.165, 1.54) is 58.2 Å². The Morgan fingerprint density at radius 3 is 2.31 bits per heavy atom. The smallest absolute Gasteiger partial charge is 0.00183 e. The summed E-state index contributed by atoms with van der Waals surface area (Å²) in [4.78, 5) is 2.62. The number of rotatable bonds is 6. The molecule has 0 radical (unpaired) electrons. The molecule has 1 aliphatic rings. The minimum absolute atomic E-state index is 0.895. The Hall–Kier alpha value is -0.0400. The van der Waals surface area contributed by atoms with Crippen molar-refractivity contribution < 1.29 is 0 Å². The average Bonchev–Trinajstić information content (AvgIpc) is 2.55. The Morgan fingerprint density at radius 1 is 1.00 bits per heavy atom. The minimum Gasteiger partial charge on any atom is -0.303 e. The number of hydrogen-bond donors (Lipinski definition) is 0. The fourth-order valence-corrected chi connectivity index (χ4v) is 2.07. The van der Waals surface area contributed by atoms with Gasteiger partial charge in [0.15, 0.2) is 0 Å². The fraction of sp³-hybridized carbons (Fsp3) is 1.00. The topological polar surface area (TPSA) is 3.24 Å². The van der Waals surface area contributed by atoms with E-state index < -0.39 is 0 Å². The molecule has 0 unspecified atom stereocenters. The quantitative estimate of drug-likeness (QED) is 0.571. The molecular weight excluding hydrogens is 158 g/mol. The summed E-state index contributed by atoms with van der Waals surface area (Å²) in [6, 6.07) is 0. The van der Waals surface area contributed by atoms with Gasteiger partial charge in [-0.2, -0.15) is 0 Å². The lowest BCUT2D eigenvalue weighted by atomic mass is 10.1. The van der Waals surface area contributed by atoms with Crippen LogP contribution in [0.15, 0.2) is 0 Å². The van der Waals surface area contributed by atoms with Gasteiger partial charge >= 0.3 is 0 Å². The second-order valence-electron chi connectivity index (χ2n) is 4.79. The Kier molecular flexibility index (Phi) is 5.45. The standard InChI is InChI=1S/C12H25N/c1-12(2)8-4-3-5-9-13-10-6-7-11-13/h12H,3-11H2,1-2H3. The summed E-state index contributed by atoms with van der Waals surface area (Å²) in [5.41, 5.74) is 0. The van der Waals surface area contributed by atoms with E-state index in [0.29, 0.717) is 0 Å². The van der Waals surface area contributed by atoms with Crippen LogP contribution < -0.4 is 0 Å². The third kappa shape index (κ3) is 5.30. The van der Waals surface area contributed by atoms with E-state index in [1.807, 2.05) is 0 Å². The van der Waals surface area contributed by atoms with Gasteiger partial charge in [0.2, 0.25) is 0 Å². The van der Waals surface area contributed by atoms with E-state index in [9.17, 15) is 0 Å². The maximum atomic E-state index is 2.62. The van der Waals surface area contributed by atoms with Crippen LogP contribution in [0.4, 0.5) is 0 Å². The van der Waals surface area contributed by atoms with Gasteiger partial charge in [0, 0.05) is 0 Å². The van der Waals surface area contributed by atoms with Crippen LogP contribution >= 0.6 is 0 Å². The van der Waals surface area contributed by atoms with Crippen LogP contribution in [0.25, 0.3) is 0 Å². The van der Waals surface area contributed by atoms with Gasteiger partial charge in [0.05, 0.1) is 0 Å². The van der Waals surface area contributed by atoms with Gasteiger partial charge < -0.3 is 4.90 Å². The van der Waals surface area contributed by atoms with Crippen LogP contribution in [0.2, 0.25) is 0 Å². The molecule has 0 aromatic rings. The predicted octanol–water partition coefficient (Wildman–Crippen LogP) is 3.30. The highest BCUT2D eigenvalue weighted by molar-refractivity contribution is 4.65. The van der Waals surface area contributed by atoms with Crippen LogP contribution in [-0.4, -0.2) is 24.5 Å². The second kappa shape index (κ2) is 6.42. The fourth-order valence-electron chi connectivity index (χ4n) is 2.07. The molecule has 1 saturated heterocycles. The van der Waals surface area contributed by atoms with E-state index in [2.05, 4.69) is 18.7 Å². The highest BCUT2D eigenvalue weighted by Crippen LogP contribution is 2.11. The summed E-state index contributed by atoms with van der Waals surface area (Å²) < 4.78 is 0. The molecule has 78 valence electrons. The van der Waals surface area contributed by atoms with Crippen molar-refractivity contribution in [3.8, 4) is 0 Å². The third-order valence-corrected chi connectivity index (χ3v) is 2.95. The summed E-state index contributed by atoms with van der Waals surface area (Å²) in [6.45, 7) is 8.73. The third-order valence-electron chi connectivity index (χ3n) is 2.95. The van der Waals surface area contributed by atoms with Gasteiger partial charge in [-0.25, -0.2) is 0 Å². The van der Waals surface area contributed by atoms with Gasteiger partial charge in [-0.05, 0) is 44.8 Å². The van der Waals surface area contributed by atoms with Gasteiger partial charge in [-0.3, -0.25) is 0 Å². The molecule has 0 aromatic carbocycles. The number of unbranched alkanes of at least 4 members (excludes halogenated alkanes) is 2. The van der Waals surface area contributed by atoms with Crippen LogP contribution in [0.5, 0.6) is 0 Å². The van der Waals surface area contributed by atoms with Crippen LogP contribution in [0.3, 0.4) is 0 Å². The van der Waals surface area contributed by atoms with E-state index in [0.717, 1.165) is 5.92 Å². The summed E-state index contributed by atoms with van der Waals surface area (Å²) in [6.07, 6.45) is 8.59. The SMILES string of the molecule is CC(C)CCCCCN1CCCC1. The normalized spacial score (nSPS) is 18.7. The van der Waals surface area contributed by atoms with E-state index in [4.69, 9.17) is 0 Å². The Morgan fingerprint density at radius 2 is 1.69 bits per heavy atom. The number of hydrogen-bond acceptors (Lipinski definition) is 1. The maximum Gasteiger partial charge on any atom is -0.00183 e. The van der Waals surface area contributed by atoms with Crippen molar-refractivity contribution in [3.63, 3.8) is 0 Å². The largest absolute Gasteiger partial charge is 0.303 e. The molecule has 1 heterocycles. The monoisotopic (exact) mass is 183 g/mol. The second-order valence-corrected chi connectivity index (χ2v) is 4.79. The van der Waals surface area contributed by atoms with E-state index in [-0.39, 0.29) is 0 Å². The van der Waals surface area contributed by atoms with E-state index >= 15 is 0 Å². The van der Waals surface area contributed by atoms with Crippen molar-refractivity contribution >= 4 is 0 Å². The molecule has 0 saturated carbocycles. The van der Waals surface area contributed by atoms with E-state index in [1.54, 1.807) is 0 Å². The Labute approximate surface area is 83.5 Å². The molecule has 0 N–H and O–H groups in total. The molecule has 1 heteroatoms. The summed E-state index contributed by atoms with van der Waals surface area (Å²) in [7, 11) is 0. The van der Waals surface area contributed by atoms with Gasteiger partial charge in [0.25, 0.3) is 0 Å². The highest BCUT2D eigenvalue weighted by atomic mass is 15.1. The van der Waals surface area contributed by atoms with Crippen LogP contribution in [0.1, 0.15) is 52.4 Å². The summed E-state index contributed by atoms with van der Waals surface area (Å²) >= 11 is 0. The van der Waals surface area contributed by atoms with Crippen LogP contribution in [0, 0.1) is 5.92 Å². The van der Waals surface area contributed by atoms with Crippen molar-refractivity contribution in [1.29, 1.82) is 0 Å². The first-order valence-electron chi connectivity index (χ1n) is 6.01. The molecule has 1 aliphatic heterocycles. The number of likely N-dealkylation sites (tertiary alicyclic amines) is 1. The van der Waals surface area contributed by atoms with Crippen molar-refractivity contribution in [3.05, 3.63) is 0 Å². The molecule has 0 atom stereocenters. The van der Waals surface area contributed by atoms with Crippen molar-refractivity contribution in [1.82, 2.24) is 4.90 Å². The first-order valence-corrected chi connectivity index (χ1v) is 6.01. The first kappa shape index (κ1) is 11.0. The highest BCUT2D eigenvalue weighted by Gasteiger charge is 2.09. The molecule has 0 amide bonds. The Bertz CT molecular complexity index is 114. The maximum absolute atomic E-state index is 2.62. The zero-order chi connectivity index (χ0) is 9.52. The molecule has 0 aromatic heterocycles. The molecule has 1 fully saturated rings. The zero-order valence-electron chi connectivity index (χ0n) is 9.39. The molecule has 13 heavy (non-hydrogen) atoms. The molecule has 0 aliphatic carbocycles. The predicted molar refractivity (Wildman–Crippen MR) is 59.0 cm³/mol. The lowest BCUT2D eigenvalue weighted by molar-refractivity contribution is 0.326. The average molecular weight is 183 g/mol. The summed E-state index contributed by atoms with van der Waals surface area (Å²) in [5, 5.41) is 0. The number of nitrogens with zero attached hydrogens (tertiary/aromatic N) is 1. The first-order chi connectivity index (χ1) is 6.29. The molecular formula is C12H25N. The molecule has 1 rings (SSSR count). The zero-order valence-corrected chi connectivity index (χ0v) is 9.39. The van der Waals surface area contributed by atoms with Crippen molar-refractivity contribution in [2.24, 2.45) is 5.92 Å². The lowest BCUT2D eigenvalue weighted by Gasteiger charge is -2.13.